The number of anilines is 1. The molecule has 1 atom stereocenters. The van der Waals surface area contributed by atoms with Crippen molar-refractivity contribution in [3.8, 4) is 5.75 Å². The summed E-state index contributed by atoms with van der Waals surface area (Å²) in [6, 6.07) is 17.8. The van der Waals surface area contributed by atoms with E-state index in [9.17, 15) is 4.79 Å². The van der Waals surface area contributed by atoms with Crippen LogP contribution in [0.25, 0.3) is 0 Å². The highest BCUT2D eigenvalue weighted by Crippen LogP contribution is 2.38. The first-order valence-corrected chi connectivity index (χ1v) is 9.32. The number of benzene rings is 2. The molecular formula is C21H19Cl2N3O2. The van der Waals surface area contributed by atoms with Gasteiger partial charge in [0.25, 0.3) is 0 Å². The van der Waals surface area contributed by atoms with Crippen molar-refractivity contribution in [1.82, 2.24) is 9.88 Å². The maximum atomic E-state index is 12.1. The van der Waals surface area contributed by atoms with Crippen molar-refractivity contribution in [3.05, 3.63) is 88.0 Å². The molecule has 1 N–H and O–H groups in total. The van der Waals surface area contributed by atoms with Crippen LogP contribution < -0.4 is 10.1 Å². The predicted molar refractivity (Wildman–Crippen MR) is 112 cm³/mol. The number of pyridine rings is 1. The lowest BCUT2D eigenvalue weighted by Crippen LogP contribution is -2.26. The lowest BCUT2D eigenvalue weighted by molar-refractivity contribution is 0.171. The highest BCUT2D eigenvalue weighted by atomic mass is 35.5. The zero-order valence-electron chi connectivity index (χ0n) is 15.4. The summed E-state index contributed by atoms with van der Waals surface area (Å²) in [5.74, 6) is 1.07. The zero-order chi connectivity index (χ0) is 20.1. The van der Waals surface area contributed by atoms with Gasteiger partial charge in [-0.15, -0.1) is 0 Å². The second-order valence-electron chi connectivity index (χ2n) is 6.24. The molecule has 0 bridgehead atoms. The summed E-state index contributed by atoms with van der Waals surface area (Å²) in [7, 11) is 3.25. The van der Waals surface area contributed by atoms with Crippen LogP contribution in [0.1, 0.15) is 17.2 Å². The third-order valence-corrected chi connectivity index (χ3v) is 4.88. The Balaban J connectivity index is 2.09. The minimum absolute atomic E-state index is 0.422. The van der Waals surface area contributed by atoms with E-state index in [1.54, 1.807) is 38.5 Å². The number of carbonyl (C=O) groups excluding carboxylic acids is 1. The van der Waals surface area contributed by atoms with Crippen LogP contribution >= 0.6 is 23.2 Å². The Morgan fingerprint density at radius 2 is 1.71 bits per heavy atom. The van der Waals surface area contributed by atoms with Crippen LogP contribution in [0.15, 0.2) is 66.9 Å². The molecule has 3 aromatic rings. The van der Waals surface area contributed by atoms with Crippen LogP contribution in [0.3, 0.4) is 0 Å². The molecule has 0 spiro atoms. The Kier molecular flexibility index (Phi) is 6.39. The molecule has 1 heterocycles. The molecule has 3 rings (SSSR count). The number of carbonyl (C=O) groups is 1. The number of amides is 1. The number of rotatable bonds is 5. The van der Waals surface area contributed by atoms with E-state index in [-0.39, 0.29) is 0 Å². The fourth-order valence-electron chi connectivity index (χ4n) is 2.66. The van der Waals surface area contributed by atoms with E-state index >= 15 is 0 Å². The first-order valence-electron chi connectivity index (χ1n) is 8.57. The molecule has 5 nitrogen and oxygen atoms in total. The Labute approximate surface area is 173 Å². The van der Waals surface area contributed by atoms with Gasteiger partial charge < -0.3 is 15.0 Å². The molecule has 2 aromatic carbocycles. The van der Waals surface area contributed by atoms with Crippen LogP contribution in [0.4, 0.5) is 10.6 Å². The summed E-state index contributed by atoms with van der Waals surface area (Å²) in [5.41, 5.74) is 1.47. The average molecular weight is 416 g/mol. The normalized spacial score (nSPS) is 11.6. The number of ether oxygens (including phenoxy) is 1. The molecular weight excluding hydrogens is 397 g/mol. The van der Waals surface area contributed by atoms with Crippen LogP contribution in [-0.4, -0.2) is 30.1 Å². The Morgan fingerprint density at radius 3 is 2.43 bits per heavy atom. The van der Waals surface area contributed by atoms with E-state index in [1.807, 2.05) is 42.5 Å². The number of para-hydroxylation sites is 1. The van der Waals surface area contributed by atoms with Gasteiger partial charge in [0.2, 0.25) is 0 Å². The summed E-state index contributed by atoms with van der Waals surface area (Å²) in [6.07, 6.45) is 1.22. The number of nitrogens with one attached hydrogen (secondary N) is 1. The predicted octanol–water partition coefficient (Wildman–Crippen LogP) is 5.65. The van der Waals surface area contributed by atoms with Gasteiger partial charge in [0.1, 0.15) is 11.6 Å². The van der Waals surface area contributed by atoms with Gasteiger partial charge in [-0.2, -0.15) is 0 Å². The third kappa shape index (κ3) is 4.55. The average Bonchev–Trinajstić information content (AvgIpc) is 2.70. The molecule has 28 heavy (non-hydrogen) atoms. The van der Waals surface area contributed by atoms with Gasteiger partial charge in [0, 0.05) is 25.9 Å². The van der Waals surface area contributed by atoms with E-state index in [0.29, 0.717) is 21.6 Å². The molecule has 0 aliphatic rings. The van der Waals surface area contributed by atoms with Crippen molar-refractivity contribution < 1.29 is 9.53 Å². The van der Waals surface area contributed by atoms with E-state index in [1.165, 1.54) is 4.90 Å². The Morgan fingerprint density at radius 1 is 1.00 bits per heavy atom. The summed E-state index contributed by atoms with van der Waals surface area (Å²) in [5, 5.41) is 4.23. The second-order valence-corrected chi connectivity index (χ2v) is 7.02. The highest BCUT2D eigenvalue weighted by Gasteiger charge is 2.23. The van der Waals surface area contributed by atoms with E-state index in [2.05, 4.69) is 10.3 Å². The minimum atomic E-state index is -0.471. The van der Waals surface area contributed by atoms with Crippen molar-refractivity contribution in [2.24, 2.45) is 0 Å². The number of nitrogens with zero attached hydrogens (tertiary/aromatic N) is 2. The van der Waals surface area contributed by atoms with Gasteiger partial charge in [-0.1, -0.05) is 59.6 Å². The van der Waals surface area contributed by atoms with Crippen molar-refractivity contribution >= 4 is 35.1 Å². The lowest BCUT2D eigenvalue weighted by atomic mass is 9.97. The molecule has 0 aliphatic carbocycles. The van der Waals surface area contributed by atoms with Crippen molar-refractivity contribution in [2.45, 2.75) is 6.04 Å². The van der Waals surface area contributed by atoms with Gasteiger partial charge in [-0.05, 0) is 29.8 Å². The molecule has 0 saturated carbocycles. The Hall–Kier alpha value is -2.76. The van der Waals surface area contributed by atoms with Gasteiger partial charge in [0.05, 0.1) is 16.1 Å². The topological polar surface area (TPSA) is 54.5 Å². The number of aromatic nitrogens is 1. The minimum Gasteiger partial charge on any atom is -0.410 e. The quantitative estimate of drug-likeness (QED) is 0.584. The molecule has 1 aromatic heterocycles. The molecule has 144 valence electrons. The van der Waals surface area contributed by atoms with Crippen LogP contribution in [-0.2, 0) is 0 Å². The summed E-state index contributed by atoms with van der Waals surface area (Å²) >= 11 is 12.8. The van der Waals surface area contributed by atoms with Crippen LogP contribution in [0, 0.1) is 0 Å². The first-order chi connectivity index (χ1) is 13.5. The molecule has 0 radical (unpaired) electrons. The highest BCUT2D eigenvalue weighted by molar-refractivity contribution is 6.42. The van der Waals surface area contributed by atoms with Crippen LogP contribution in [0.2, 0.25) is 10.0 Å². The smallest absolute Gasteiger partial charge is 0.410 e. The molecule has 0 fully saturated rings. The van der Waals surface area contributed by atoms with Crippen molar-refractivity contribution in [1.29, 1.82) is 0 Å². The maximum absolute atomic E-state index is 12.1. The van der Waals surface area contributed by atoms with E-state index in [0.717, 1.165) is 11.1 Å². The van der Waals surface area contributed by atoms with Gasteiger partial charge in [-0.25, -0.2) is 9.78 Å². The molecule has 1 unspecified atom stereocenters. The number of hydrogen-bond donors (Lipinski definition) is 1. The van der Waals surface area contributed by atoms with Crippen LogP contribution in [0.5, 0.6) is 5.75 Å². The van der Waals surface area contributed by atoms with E-state index in [4.69, 9.17) is 27.9 Å². The molecule has 0 saturated heterocycles. The SMILES string of the molecule is CN(C)C(=O)Oc1ccccc1C(Nc1ccccn1)c1cccc(Cl)c1Cl. The lowest BCUT2D eigenvalue weighted by Gasteiger charge is -2.24. The molecule has 7 heteroatoms. The van der Waals surface area contributed by atoms with Crippen molar-refractivity contribution in [2.75, 3.05) is 19.4 Å². The fraction of sp³-hybridized carbons (Fsp3) is 0.143. The number of hydrogen-bond acceptors (Lipinski definition) is 4. The Bertz CT molecular complexity index is 965. The summed E-state index contributed by atoms with van der Waals surface area (Å²) < 4.78 is 5.57. The zero-order valence-corrected chi connectivity index (χ0v) is 16.9. The molecule has 1 amide bonds. The monoisotopic (exact) mass is 415 g/mol. The summed E-state index contributed by atoms with van der Waals surface area (Å²) in [6.45, 7) is 0. The summed E-state index contributed by atoms with van der Waals surface area (Å²) in [4.78, 5) is 17.8. The van der Waals surface area contributed by atoms with Gasteiger partial charge >= 0.3 is 6.09 Å². The second kappa shape index (κ2) is 8.95. The number of halogens is 2. The standard InChI is InChI=1S/C21H19Cl2N3O2/c1-26(2)21(27)28-17-11-4-3-8-14(17)20(25-18-12-5-6-13-24-18)15-9-7-10-16(22)19(15)23/h3-13,20H,1-2H3,(H,24,25). The third-order valence-electron chi connectivity index (χ3n) is 4.04. The van der Waals surface area contributed by atoms with Crippen molar-refractivity contribution in [3.63, 3.8) is 0 Å². The fourth-order valence-corrected chi connectivity index (χ4v) is 3.08. The van der Waals surface area contributed by atoms with Gasteiger partial charge in [0.15, 0.2) is 0 Å². The maximum Gasteiger partial charge on any atom is 0.414 e. The van der Waals surface area contributed by atoms with E-state index < -0.39 is 12.1 Å². The van der Waals surface area contributed by atoms with Gasteiger partial charge in [-0.3, -0.25) is 0 Å². The largest absolute Gasteiger partial charge is 0.414 e. The first kappa shape index (κ1) is 20.0. The molecule has 0 aliphatic heterocycles.